The first-order chi connectivity index (χ1) is 10.1. The molecule has 2 aromatic rings. The van der Waals surface area contributed by atoms with Gasteiger partial charge in [-0.25, -0.2) is 0 Å². The quantitative estimate of drug-likeness (QED) is 0.693. The Morgan fingerprint density at radius 1 is 1.33 bits per heavy atom. The van der Waals surface area contributed by atoms with Gasteiger partial charge >= 0.3 is 0 Å². The largest absolute Gasteiger partial charge is 0.352 e. The van der Waals surface area contributed by atoms with Crippen LogP contribution in [0, 0.1) is 10.1 Å². The first-order valence-electron chi connectivity index (χ1n) is 7.17. The molecule has 0 atom stereocenters. The Bertz CT molecular complexity index is 687. The van der Waals surface area contributed by atoms with Crippen LogP contribution in [0.1, 0.15) is 25.7 Å². The molecule has 1 aliphatic rings. The van der Waals surface area contributed by atoms with Crippen molar-refractivity contribution in [3.63, 3.8) is 0 Å². The molecule has 0 radical (unpaired) electrons. The summed E-state index contributed by atoms with van der Waals surface area (Å²) in [6.45, 7) is 0.196. The van der Waals surface area contributed by atoms with Crippen molar-refractivity contribution in [2.24, 2.45) is 0 Å². The van der Waals surface area contributed by atoms with E-state index in [9.17, 15) is 14.9 Å². The number of non-ortho nitro benzene ring substituents is 1. The molecule has 0 bridgehead atoms. The van der Waals surface area contributed by atoms with Crippen molar-refractivity contribution in [1.29, 1.82) is 0 Å². The molecule has 1 fully saturated rings. The molecule has 1 saturated carbocycles. The fourth-order valence-corrected chi connectivity index (χ4v) is 3.00. The summed E-state index contributed by atoms with van der Waals surface area (Å²) in [6, 6.07) is 6.90. The molecule has 0 spiro atoms. The van der Waals surface area contributed by atoms with Gasteiger partial charge in [-0.05, 0) is 25.0 Å². The number of carbonyl (C=O) groups is 1. The van der Waals surface area contributed by atoms with Gasteiger partial charge in [-0.2, -0.15) is 0 Å². The highest BCUT2D eigenvalue weighted by atomic mass is 16.6. The fourth-order valence-electron chi connectivity index (χ4n) is 3.00. The molecular weight excluding hydrogens is 270 g/mol. The lowest BCUT2D eigenvalue weighted by Gasteiger charge is -2.12. The van der Waals surface area contributed by atoms with Crippen LogP contribution in [0.15, 0.2) is 30.5 Å². The number of hydrogen-bond donors (Lipinski definition) is 1. The van der Waals surface area contributed by atoms with Crippen LogP contribution < -0.4 is 5.32 Å². The smallest absolute Gasteiger partial charge is 0.278 e. The van der Waals surface area contributed by atoms with E-state index >= 15 is 0 Å². The zero-order valence-corrected chi connectivity index (χ0v) is 11.6. The van der Waals surface area contributed by atoms with E-state index in [0.29, 0.717) is 10.9 Å². The summed E-state index contributed by atoms with van der Waals surface area (Å²) < 4.78 is 1.76. The summed E-state index contributed by atoms with van der Waals surface area (Å²) in [6.07, 6.45) is 6.16. The monoisotopic (exact) mass is 287 g/mol. The Morgan fingerprint density at radius 2 is 2.10 bits per heavy atom. The Hall–Kier alpha value is -2.37. The van der Waals surface area contributed by atoms with Gasteiger partial charge in [0.2, 0.25) is 5.91 Å². The molecule has 1 heterocycles. The summed E-state index contributed by atoms with van der Waals surface area (Å²) in [7, 11) is 0. The van der Waals surface area contributed by atoms with Gasteiger partial charge < -0.3 is 9.88 Å². The normalized spacial score (nSPS) is 15.4. The summed E-state index contributed by atoms with van der Waals surface area (Å²) >= 11 is 0. The zero-order valence-electron chi connectivity index (χ0n) is 11.6. The van der Waals surface area contributed by atoms with E-state index < -0.39 is 4.92 Å². The molecule has 6 nitrogen and oxygen atoms in total. The van der Waals surface area contributed by atoms with Crippen LogP contribution in [-0.2, 0) is 11.3 Å². The lowest BCUT2D eigenvalue weighted by molar-refractivity contribution is -0.383. The highest BCUT2D eigenvalue weighted by Gasteiger charge is 2.18. The molecule has 1 N–H and O–H groups in total. The van der Waals surface area contributed by atoms with E-state index in [0.717, 1.165) is 12.8 Å². The van der Waals surface area contributed by atoms with Gasteiger partial charge in [0.05, 0.1) is 15.8 Å². The topological polar surface area (TPSA) is 77.2 Å². The summed E-state index contributed by atoms with van der Waals surface area (Å²) in [5.74, 6) is -0.0362. The van der Waals surface area contributed by atoms with Gasteiger partial charge in [-0.15, -0.1) is 0 Å². The number of hydrogen-bond acceptors (Lipinski definition) is 3. The van der Waals surface area contributed by atoms with Crippen molar-refractivity contribution in [3.05, 3.63) is 40.6 Å². The van der Waals surface area contributed by atoms with Crippen LogP contribution in [-0.4, -0.2) is 21.4 Å². The number of fused-ring (bicyclic) bond motifs is 1. The van der Waals surface area contributed by atoms with Crippen molar-refractivity contribution in [2.75, 3.05) is 0 Å². The van der Waals surface area contributed by atoms with E-state index in [1.165, 1.54) is 18.9 Å². The first-order valence-corrected chi connectivity index (χ1v) is 7.17. The number of nitrogens with one attached hydrogen (secondary N) is 1. The van der Waals surface area contributed by atoms with Crippen molar-refractivity contribution < 1.29 is 9.72 Å². The number of benzene rings is 1. The molecule has 0 unspecified atom stereocenters. The third-order valence-electron chi connectivity index (χ3n) is 4.02. The minimum absolute atomic E-state index is 0.0362. The van der Waals surface area contributed by atoms with Crippen LogP contribution in [0.4, 0.5) is 5.69 Å². The van der Waals surface area contributed by atoms with Crippen LogP contribution in [0.3, 0.4) is 0 Å². The van der Waals surface area contributed by atoms with E-state index in [4.69, 9.17) is 0 Å². The number of carbonyl (C=O) groups excluding carboxylic acids is 1. The number of nitrogens with zero attached hydrogens (tertiary/aromatic N) is 2. The van der Waals surface area contributed by atoms with Crippen molar-refractivity contribution >= 4 is 22.5 Å². The third-order valence-corrected chi connectivity index (χ3v) is 4.02. The maximum absolute atomic E-state index is 12.1. The number of aromatic nitrogens is 1. The molecule has 21 heavy (non-hydrogen) atoms. The Kier molecular flexibility index (Phi) is 3.60. The lowest BCUT2D eigenvalue weighted by Crippen LogP contribution is -2.35. The standard InChI is InChI=1S/C15H17N3O3/c19-15(16-11-4-1-2-5-11)10-17-9-8-12-13(17)6-3-7-14(12)18(20)21/h3,6-9,11H,1-2,4-5,10H2,(H,16,19). The second-order valence-corrected chi connectivity index (χ2v) is 5.46. The molecule has 1 aromatic heterocycles. The highest BCUT2D eigenvalue weighted by Crippen LogP contribution is 2.26. The van der Waals surface area contributed by atoms with E-state index in [1.807, 2.05) is 0 Å². The number of nitro benzene ring substituents is 1. The molecule has 110 valence electrons. The molecule has 1 aliphatic carbocycles. The predicted octanol–water partition coefficient (Wildman–Crippen LogP) is 2.61. The average molecular weight is 287 g/mol. The minimum atomic E-state index is -0.398. The third kappa shape index (κ3) is 2.74. The van der Waals surface area contributed by atoms with Crippen molar-refractivity contribution in [2.45, 2.75) is 38.3 Å². The molecule has 3 rings (SSSR count). The Balaban J connectivity index is 1.79. The van der Waals surface area contributed by atoms with Gasteiger partial charge in [0.1, 0.15) is 6.54 Å². The number of amides is 1. The van der Waals surface area contributed by atoms with Gasteiger partial charge in [0.25, 0.3) is 5.69 Å². The van der Waals surface area contributed by atoms with Crippen molar-refractivity contribution in [3.8, 4) is 0 Å². The Labute approximate surface area is 121 Å². The summed E-state index contributed by atoms with van der Waals surface area (Å²) in [5, 5.41) is 14.6. The number of rotatable bonds is 4. The van der Waals surface area contributed by atoms with Crippen LogP contribution in [0.2, 0.25) is 0 Å². The van der Waals surface area contributed by atoms with Crippen LogP contribution in [0.5, 0.6) is 0 Å². The SMILES string of the molecule is O=C(Cn1ccc2c([N+](=O)[O-])cccc21)NC1CCCC1. The maximum atomic E-state index is 12.1. The maximum Gasteiger partial charge on any atom is 0.278 e. The van der Waals surface area contributed by atoms with Crippen LogP contribution >= 0.6 is 0 Å². The lowest BCUT2D eigenvalue weighted by atomic mass is 10.2. The Morgan fingerprint density at radius 3 is 2.81 bits per heavy atom. The molecule has 0 saturated heterocycles. The van der Waals surface area contributed by atoms with E-state index in [1.54, 1.807) is 29.0 Å². The molecule has 6 heteroatoms. The molecule has 1 aromatic carbocycles. The second kappa shape index (κ2) is 5.55. The second-order valence-electron chi connectivity index (χ2n) is 5.46. The fraction of sp³-hybridized carbons (Fsp3) is 0.400. The number of nitro groups is 1. The zero-order chi connectivity index (χ0) is 14.8. The highest BCUT2D eigenvalue weighted by molar-refractivity contribution is 5.90. The van der Waals surface area contributed by atoms with Gasteiger partial charge in [-0.1, -0.05) is 18.9 Å². The summed E-state index contributed by atoms with van der Waals surface area (Å²) in [4.78, 5) is 22.7. The molecule has 1 amide bonds. The summed E-state index contributed by atoms with van der Waals surface area (Å²) in [5.41, 5.74) is 0.785. The van der Waals surface area contributed by atoms with Crippen LogP contribution in [0.25, 0.3) is 10.9 Å². The van der Waals surface area contributed by atoms with Gasteiger partial charge in [0, 0.05) is 18.3 Å². The molecular formula is C15H17N3O3. The van der Waals surface area contributed by atoms with Crippen molar-refractivity contribution in [1.82, 2.24) is 9.88 Å². The minimum Gasteiger partial charge on any atom is -0.352 e. The average Bonchev–Trinajstić information content (AvgIpc) is 3.08. The van der Waals surface area contributed by atoms with Gasteiger partial charge in [0.15, 0.2) is 0 Å². The molecule has 0 aliphatic heterocycles. The first kappa shape index (κ1) is 13.6. The predicted molar refractivity (Wildman–Crippen MR) is 79.0 cm³/mol. The van der Waals surface area contributed by atoms with E-state index in [-0.39, 0.29) is 24.2 Å². The van der Waals surface area contributed by atoms with Gasteiger partial charge in [-0.3, -0.25) is 14.9 Å². The van der Waals surface area contributed by atoms with E-state index in [2.05, 4.69) is 5.32 Å².